The number of thiazole rings is 1. The summed E-state index contributed by atoms with van der Waals surface area (Å²) in [4.78, 5) is 4.76. The standard InChI is InChI=1S/C18H15N3OS/c22-10-8-13-4-6-14(7-5-13)16-12-23-18(20-16)15-11-19-21-9-2-1-3-17(15)21/h1-7,9,11-12,22H,8,10H2. The van der Waals surface area contributed by atoms with Crippen LogP contribution in [-0.4, -0.2) is 26.3 Å². The topological polar surface area (TPSA) is 50.4 Å². The predicted octanol–water partition coefficient (Wildman–Crippen LogP) is 3.66. The number of fused-ring (bicyclic) bond motifs is 1. The third kappa shape index (κ3) is 2.65. The fourth-order valence-corrected chi connectivity index (χ4v) is 3.45. The molecule has 4 aromatic rings. The maximum absolute atomic E-state index is 8.98. The normalized spacial score (nSPS) is 11.2. The first-order valence-corrected chi connectivity index (χ1v) is 8.31. The van der Waals surface area contributed by atoms with Gasteiger partial charge < -0.3 is 5.11 Å². The van der Waals surface area contributed by atoms with Crippen molar-refractivity contribution in [3.8, 4) is 21.8 Å². The van der Waals surface area contributed by atoms with Crippen molar-refractivity contribution < 1.29 is 5.11 Å². The van der Waals surface area contributed by atoms with E-state index < -0.39 is 0 Å². The first-order valence-electron chi connectivity index (χ1n) is 7.43. The highest BCUT2D eigenvalue weighted by Crippen LogP contribution is 2.31. The zero-order chi connectivity index (χ0) is 15.6. The summed E-state index contributed by atoms with van der Waals surface area (Å²) in [6, 6.07) is 14.2. The maximum atomic E-state index is 8.98. The third-order valence-corrected chi connectivity index (χ3v) is 4.69. The number of aliphatic hydroxyl groups excluding tert-OH is 1. The molecule has 0 amide bonds. The Morgan fingerprint density at radius 1 is 1.09 bits per heavy atom. The van der Waals surface area contributed by atoms with E-state index >= 15 is 0 Å². The van der Waals surface area contributed by atoms with Gasteiger partial charge in [-0.05, 0) is 24.1 Å². The van der Waals surface area contributed by atoms with Gasteiger partial charge in [-0.3, -0.25) is 0 Å². The van der Waals surface area contributed by atoms with E-state index in [1.165, 1.54) is 0 Å². The molecule has 0 aliphatic carbocycles. The Morgan fingerprint density at radius 3 is 2.78 bits per heavy atom. The number of hydrogen-bond donors (Lipinski definition) is 1. The van der Waals surface area contributed by atoms with Crippen LogP contribution in [0.5, 0.6) is 0 Å². The number of pyridine rings is 1. The SMILES string of the molecule is OCCc1ccc(-c2csc(-c3cnn4ccccc34)n2)cc1. The van der Waals surface area contributed by atoms with Crippen LogP contribution in [0.1, 0.15) is 5.56 Å². The van der Waals surface area contributed by atoms with Gasteiger partial charge in [0.25, 0.3) is 0 Å². The van der Waals surface area contributed by atoms with E-state index in [-0.39, 0.29) is 6.61 Å². The molecule has 0 atom stereocenters. The first kappa shape index (κ1) is 14.1. The van der Waals surface area contributed by atoms with Gasteiger partial charge >= 0.3 is 0 Å². The van der Waals surface area contributed by atoms with E-state index in [4.69, 9.17) is 10.1 Å². The van der Waals surface area contributed by atoms with Gasteiger partial charge in [0.05, 0.1) is 23.0 Å². The van der Waals surface area contributed by atoms with Crippen molar-refractivity contribution in [1.29, 1.82) is 0 Å². The van der Waals surface area contributed by atoms with Crippen LogP contribution in [0.15, 0.2) is 60.2 Å². The molecule has 1 aromatic carbocycles. The van der Waals surface area contributed by atoms with Gasteiger partial charge in [-0.2, -0.15) is 5.10 Å². The Hall–Kier alpha value is -2.50. The lowest BCUT2D eigenvalue weighted by atomic mass is 10.1. The van der Waals surface area contributed by atoms with Gasteiger partial charge in [0.1, 0.15) is 5.01 Å². The van der Waals surface area contributed by atoms with Crippen molar-refractivity contribution in [2.24, 2.45) is 0 Å². The highest BCUT2D eigenvalue weighted by molar-refractivity contribution is 7.13. The van der Waals surface area contributed by atoms with Crippen LogP contribution in [0.4, 0.5) is 0 Å². The quantitative estimate of drug-likeness (QED) is 0.624. The second kappa shape index (κ2) is 5.95. The first-order chi connectivity index (χ1) is 11.3. The van der Waals surface area contributed by atoms with E-state index in [1.807, 2.05) is 47.2 Å². The van der Waals surface area contributed by atoms with Crippen LogP contribution in [0, 0.1) is 0 Å². The molecule has 0 unspecified atom stereocenters. The van der Waals surface area contributed by atoms with Crippen LogP contribution < -0.4 is 0 Å². The zero-order valence-electron chi connectivity index (χ0n) is 12.4. The Kier molecular flexibility index (Phi) is 3.65. The minimum Gasteiger partial charge on any atom is -0.396 e. The summed E-state index contributed by atoms with van der Waals surface area (Å²) in [5.74, 6) is 0. The summed E-state index contributed by atoms with van der Waals surface area (Å²) in [7, 11) is 0. The van der Waals surface area contributed by atoms with Crippen molar-refractivity contribution >= 4 is 16.9 Å². The van der Waals surface area contributed by atoms with Crippen molar-refractivity contribution in [2.75, 3.05) is 6.61 Å². The monoisotopic (exact) mass is 321 g/mol. The van der Waals surface area contributed by atoms with Gasteiger partial charge in [0, 0.05) is 23.7 Å². The van der Waals surface area contributed by atoms with Gasteiger partial charge in [0.2, 0.25) is 0 Å². The molecule has 0 saturated heterocycles. The molecule has 5 heteroatoms. The Labute approximate surface area is 137 Å². The summed E-state index contributed by atoms with van der Waals surface area (Å²) in [5, 5.41) is 16.4. The molecule has 1 N–H and O–H groups in total. The fourth-order valence-electron chi connectivity index (χ4n) is 2.60. The van der Waals surface area contributed by atoms with Crippen molar-refractivity contribution in [2.45, 2.75) is 6.42 Å². The Bertz CT molecular complexity index is 940. The fraction of sp³-hybridized carbons (Fsp3) is 0.111. The minimum absolute atomic E-state index is 0.176. The summed E-state index contributed by atoms with van der Waals surface area (Å²) in [5.41, 5.74) is 5.31. The molecular weight excluding hydrogens is 306 g/mol. The third-order valence-electron chi connectivity index (χ3n) is 3.81. The van der Waals surface area contributed by atoms with E-state index in [1.54, 1.807) is 11.3 Å². The van der Waals surface area contributed by atoms with E-state index in [2.05, 4.69) is 22.6 Å². The lowest BCUT2D eigenvalue weighted by molar-refractivity contribution is 0.299. The number of nitrogens with zero attached hydrogens (tertiary/aromatic N) is 3. The van der Waals surface area contributed by atoms with Crippen LogP contribution in [0.25, 0.3) is 27.3 Å². The summed E-state index contributed by atoms with van der Waals surface area (Å²) < 4.78 is 1.86. The smallest absolute Gasteiger partial charge is 0.127 e. The Balaban J connectivity index is 1.68. The Morgan fingerprint density at radius 2 is 1.96 bits per heavy atom. The molecule has 114 valence electrons. The molecule has 3 aromatic heterocycles. The largest absolute Gasteiger partial charge is 0.396 e. The van der Waals surface area contributed by atoms with E-state index in [0.717, 1.165) is 32.9 Å². The summed E-state index contributed by atoms with van der Waals surface area (Å²) >= 11 is 1.63. The highest BCUT2D eigenvalue weighted by atomic mass is 32.1. The van der Waals surface area contributed by atoms with Crippen LogP contribution >= 0.6 is 11.3 Å². The molecule has 4 rings (SSSR count). The molecule has 0 aliphatic rings. The van der Waals surface area contributed by atoms with Gasteiger partial charge in [-0.1, -0.05) is 30.3 Å². The summed E-state index contributed by atoms with van der Waals surface area (Å²) in [6.07, 6.45) is 4.49. The number of benzene rings is 1. The zero-order valence-corrected chi connectivity index (χ0v) is 13.2. The average molecular weight is 321 g/mol. The molecule has 0 aliphatic heterocycles. The lowest BCUT2D eigenvalue weighted by Crippen LogP contribution is -1.89. The van der Waals surface area contributed by atoms with E-state index in [0.29, 0.717) is 6.42 Å². The van der Waals surface area contributed by atoms with Crippen molar-refractivity contribution in [3.63, 3.8) is 0 Å². The molecule has 3 heterocycles. The van der Waals surface area contributed by atoms with Crippen molar-refractivity contribution in [1.82, 2.24) is 14.6 Å². The number of rotatable bonds is 4. The molecule has 0 radical (unpaired) electrons. The average Bonchev–Trinajstić information content (AvgIpc) is 3.22. The van der Waals surface area contributed by atoms with Crippen LogP contribution in [-0.2, 0) is 6.42 Å². The lowest BCUT2D eigenvalue weighted by Gasteiger charge is -2.00. The van der Waals surface area contributed by atoms with Crippen molar-refractivity contribution in [3.05, 3.63) is 65.8 Å². The molecule has 0 bridgehead atoms. The number of aromatic nitrogens is 3. The summed E-state index contributed by atoms with van der Waals surface area (Å²) in [6.45, 7) is 0.176. The number of hydrogen-bond acceptors (Lipinski definition) is 4. The minimum atomic E-state index is 0.176. The number of aliphatic hydroxyl groups is 1. The molecular formula is C18H15N3OS. The maximum Gasteiger partial charge on any atom is 0.127 e. The molecule has 0 spiro atoms. The predicted molar refractivity (Wildman–Crippen MR) is 92.5 cm³/mol. The van der Waals surface area contributed by atoms with Gasteiger partial charge in [-0.25, -0.2) is 9.50 Å². The molecule has 0 saturated carbocycles. The molecule has 23 heavy (non-hydrogen) atoms. The second-order valence-electron chi connectivity index (χ2n) is 5.30. The molecule has 4 nitrogen and oxygen atoms in total. The van der Waals surface area contributed by atoms with E-state index in [9.17, 15) is 0 Å². The second-order valence-corrected chi connectivity index (χ2v) is 6.16. The highest BCUT2D eigenvalue weighted by Gasteiger charge is 2.11. The van der Waals surface area contributed by atoms with Crippen LogP contribution in [0.2, 0.25) is 0 Å². The van der Waals surface area contributed by atoms with Crippen LogP contribution in [0.3, 0.4) is 0 Å². The van der Waals surface area contributed by atoms with Gasteiger partial charge in [-0.15, -0.1) is 11.3 Å². The molecule has 0 fully saturated rings. The van der Waals surface area contributed by atoms with Gasteiger partial charge in [0.15, 0.2) is 0 Å².